The third kappa shape index (κ3) is 2.28. The Morgan fingerprint density at radius 2 is 2.00 bits per heavy atom. The molecule has 4 heterocycles. The van der Waals surface area contributed by atoms with Crippen molar-refractivity contribution in [3.63, 3.8) is 0 Å². The molecule has 3 aliphatic heterocycles. The van der Waals surface area contributed by atoms with Crippen molar-refractivity contribution in [3.8, 4) is 0 Å². The molecule has 3 aliphatic rings. The van der Waals surface area contributed by atoms with E-state index in [1.54, 1.807) is 11.0 Å². The number of ether oxygens (including phenoxy) is 1. The van der Waals surface area contributed by atoms with Gasteiger partial charge in [0.25, 0.3) is 5.91 Å². The van der Waals surface area contributed by atoms with Crippen molar-refractivity contribution in [1.29, 1.82) is 0 Å². The Hall–Kier alpha value is -2.93. The number of carbonyl (C=O) groups is 2. The van der Waals surface area contributed by atoms with Gasteiger partial charge in [0, 0.05) is 30.8 Å². The van der Waals surface area contributed by atoms with Crippen LogP contribution < -0.4 is 5.56 Å². The first-order valence-corrected chi connectivity index (χ1v) is 9.11. The smallest absolute Gasteiger partial charge is 0.254 e. The topological polar surface area (TPSA) is 82.7 Å². The van der Waals surface area contributed by atoms with Gasteiger partial charge in [-0.05, 0) is 11.6 Å². The standard InChI is InChI=1S/C20H19N3O4/c24-17-10-14(6-8-21-17)19(26)22-9-7-20-16(22)11-18(25)23(20)15(12-27-20)13-4-2-1-3-5-13/h1-6,8,10,15-16H,7,9,11-12H2,(H,21,24)/t15-,16+,20-/m0/s1. The summed E-state index contributed by atoms with van der Waals surface area (Å²) in [6, 6.07) is 12.3. The molecule has 3 atom stereocenters. The van der Waals surface area contributed by atoms with Crippen LogP contribution in [0, 0.1) is 0 Å². The molecule has 138 valence electrons. The SMILES string of the molecule is O=C(c1cc[nH]c(=O)c1)N1CC[C@@]23OC[C@@H](c4ccccc4)N2C(=O)C[C@@H]13. The highest BCUT2D eigenvalue weighted by molar-refractivity contribution is 5.95. The Morgan fingerprint density at radius 3 is 2.78 bits per heavy atom. The first-order valence-electron chi connectivity index (χ1n) is 9.11. The van der Waals surface area contributed by atoms with Crippen LogP contribution in [0.2, 0.25) is 0 Å². The summed E-state index contributed by atoms with van der Waals surface area (Å²) in [7, 11) is 0. The van der Waals surface area contributed by atoms with E-state index in [9.17, 15) is 14.4 Å². The molecule has 0 saturated carbocycles. The highest BCUT2D eigenvalue weighted by Crippen LogP contribution is 2.51. The van der Waals surface area contributed by atoms with Crippen LogP contribution >= 0.6 is 0 Å². The van der Waals surface area contributed by atoms with E-state index in [1.165, 1.54) is 12.3 Å². The van der Waals surface area contributed by atoms with E-state index in [-0.39, 0.29) is 35.9 Å². The maximum Gasteiger partial charge on any atom is 0.254 e. The first-order chi connectivity index (χ1) is 13.1. The van der Waals surface area contributed by atoms with Crippen LogP contribution in [-0.4, -0.2) is 51.5 Å². The largest absolute Gasteiger partial charge is 0.351 e. The van der Waals surface area contributed by atoms with Crippen LogP contribution in [0.1, 0.15) is 34.8 Å². The second-order valence-electron chi connectivity index (χ2n) is 7.26. The van der Waals surface area contributed by atoms with Crippen molar-refractivity contribution >= 4 is 11.8 Å². The molecule has 0 radical (unpaired) electrons. The summed E-state index contributed by atoms with van der Waals surface area (Å²) in [4.78, 5) is 43.4. The third-order valence-electron chi connectivity index (χ3n) is 5.92. The molecule has 1 N–H and O–H groups in total. The second-order valence-corrected chi connectivity index (χ2v) is 7.26. The molecule has 0 aliphatic carbocycles. The number of pyridine rings is 1. The quantitative estimate of drug-likeness (QED) is 0.869. The molecule has 1 spiro atoms. The fraction of sp³-hybridized carbons (Fsp3) is 0.350. The second kappa shape index (κ2) is 5.79. The Morgan fingerprint density at radius 1 is 1.19 bits per heavy atom. The minimum atomic E-state index is -0.756. The summed E-state index contributed by atoms with van der Waals surface area (Å²) in [6.07, 6.45) is 2.30. The molecule has 1 aromatic carbocycles. The first kappa shape index (κ1) is 16.3. The zero-order valence-electron chi connectivity index (χ0n) is 14.6. The molecule has 0 bridgehead atoms. The third-order valence-corrected chi connectivity index (χ3v) is 5.92. The van der Waals surface area contributed by atoms with Gasteiger partial charge in [-0.15, -0.1) is 0 Å². The lowest BCUT2D eigenvalue weighted by molar-refractivity contribution is -0.138. The van der Waals surface area contributed by atoms with E-state index in [1.807, 2.05) is 35.2 Å². The number of H-pyrrole nitrogens is 1. The van der Waals surface area contributed by atoms with Gasteiger partial charge >= 0.3 is 0 Å². The summed E-state index contributed by atoms with van der Waals surface area (Å²) in [5, 5.41) is 0. The van der Waals surface area contributed by atoms with Crippen LogP contribution in [0.5, 0.6) is 0 Å². The van der Waals surface area contributed by atoms with Crippen LogP contribution in [-0.2, 0) is 9.53 Å². The number of amides is 2. The molecule has 27 heavy (non-hydrogen) atoms. The predicted octanol–water partition coefficient (Wildman–Crippen LogP) is 1.29. The summed E-state index contributed by atoms with van der Waals surface area (Å²) in [6.45, 7) is 0.931. The normalized spacial score (nSPS) is 29.1. The van der Waals surface area contributed by atoms with Gasteiger partial charge in [-0.25, -0.2) is 0 Å². The van der Waals surface area contributed by atoms with Crippen molar-refractivity contribution < 1.29 is 14.3 Å². The van der Waals surface area contributed by atoms with E-state index in [2.05, 4.69) is 4.98 Å². The number of carbonyl (C=O) groups excluding carboxylic acids is 2. The number of hydrogen-bond donors (Lipinski definition) is 1. The summed E-state index contributed by atoms with van der Waals surface area (Å²) in [5.41, 5.74) is 0.302. The van der Waals surface area contributed by atoms with Gasteiger partial charge in [-0.3, -0.25) is 14.4 Å². The lowest BCUT2D eigenvalue weighted by Crippen LogP contribution is -2.49. The molecule has 7 heteroatoms. The number of rotatable bonds is 2. The zero-order chi connectivity index (χ0) is 18.6. The molecule has 2 amide bonds. The van der Waals surface area contributed by atoms with Crippen LogP contribution in [0.15, 0.2) is 53.5 Å². The Balaban J connectivity index is 1.47. The van der Waals surface area contributed by atoms with Crippen LogP contribution in [0.3, 0.4) is 0 Å². The van der Waals surface area contributed by atoms with E-state index in [4.69, 9.17) is 4.74 Å². The molecular formula is C20H19N3O4. The van der Waals surface area contributed by atoms with Gasteiger partial charge in [0.05, 0.1) is 25.1 Å². The van der Waals surface area contributed by atoms with E-state index in [0.29, 0.717) is 25.1 Å². The number of nitrogens with zero attached hydrogens (tertiary/aromatic N) is 2. The molecule has 0 unspecified atom stereocenters. The lowest BCUT2D eigenvalue weighted by Gasteiger charge is -2.33. The fourth-order valence-corrected chi connectivity index (χ4v) is 4.75. The Kier molecular flexibility index (Phi) is 3.48. The van der Waals surface area contributed by atoms with Crippen molar-refractivity contribution in [1.82, 2.24) is 14.8 Å². The van der Waals surface area contributed by atoms with Gasteiger partial charge in [-0.1, -0.05) is 30.3 Å². The van der Waals surface area contributed by atoms with Crippen LogP contribution in [0.4, 0.5) is 0 Å². The molecule has 3 saturated heterocycles. The van der Waals surface area contributed by atoms with Crippen molar-refractivity contribution in [2.45, 2.75) is 30.7 Å². The van der Waals surface area contributed by atoms with Gasteiger partial charge in [0.15, 0.2) is 5.72 Å². The van der Waals surface area contributed by atoms with Gasteiger partial charge in [0.1, 0.15) is 0 Å². The summed E-state index contributed by atoms with van der Waals surface area (Å²) >= 11 is 0. The van der Waals surface area contributed by atoms with Crippen molar-refractivity contribution in [2.24, 2.45) is 0 Å². The molecule has 5 rings (SSSR count). The minimum absolute atomic E-state index is 0.00904. The molecule has 3 fully saturated rings. The maximum absolute atomic E-state index is 13.0. The highest BCUT2D eigenvalue weighted by atomic mass is 16.5. The monoisotopic (exact) mass is 365 g/mol. The average molecular weight is 365 g/mol. The Labute approximate surface area is 155 Å². The highest BCUT2D eigenvalue weighted by Gasteiger charge is 2.65. The van der Waals surface area contributed by atoms with Gasteiger partial charge in [-0.2, -0.15) is 0 Å². The molecular weight excluding hydrogens is 346 g/mol. The number of hydrogen-bond acceptors (Lipinski definition) is 4. The summed E-state index contributed by atoms with van der Waals surface area (Å²) < 4.78 is 6.21. The van der Waals surface area contributed by atoms with Gasteiger partial charge < -0.3 is 19.5 Å². The van der Waals surface area contributed by atoms with Crippen molar-refractivity contribution in [3.05, 3.63) is 70.1 Å². The van der Waals surface area contributed by atoms with E-state index in [0.717, 1.165) is 5.56 Å². The zero-order valence-corrected chi connectivity index (χ0v) is 14.6. The lowest BCUT2D eigenvalue weighted by atomic mass is 10.0. The molecule has 2 aromatic rings. The van der Waals surface area contributed by atoms with E-state index >= 15 is 0 Å². The summed E-state index contributed by atoms with van der Waals surface area (Å²) in [5.74, 6) is -0.223. The minimum Gasteiger partial charge on any atom is -0.351 e. The van der Waals surface area contributed by atoms with Crippen molar-refractivity contribution in [2.75, 3.05) is 13.2 Å². The molecule has 7 nitrogen and oxygen atoms in total. The Bertz CT molecular complexity index is 972. The molecule has 1 aromatic heterocycles. The number of aromatic amines is 1. The number of aromatic nitrogens is 1. The fourth-order valence-electron chi connectivity index (χ4n) is 4.75. The number of nitrogens with one attached hydrogen (secondary N) is 1. The van der Waals surface area contributed by atoms with Crippen LogP contribution in [0.25, 0.3) is 0 Å². The average Bonchev–Trinajstić information content (AvgIpc) is 3.31. The predicted molar refractivity (Wildman–Crippen MR) is 95.8 cm³/mol. The number of benzene rings is 1. The van der Waals surface area contributed by atoms with Gasteiger partial charge in [0.2, 0.25) is 11.5 Å². The van der Waals surface area contributed by atoms with E-state index < -0.39 is 5.72 Å². The number of likely N-dealkylation sites (tertiary alicyclic amines) is 1. The maximum atomic E-state index is 13.0.